The minimum Gasteiger partial charge on any atom is -0.382 e. The number of amides is 2. The Morgan fingerprint density at radius 3 is 2.03 bits per heavy atom. The van der Waals surface area contributed by atoms with E-state index in [2.05, 4.69) is 90.0 Å². The minimum absolute atomic E-state index is 0.00102. The van der Waals surface area contributed by atoms with E-state index in [4.69, 9.17) is 23.8 Å². The number of ether oxygens (including phenoxy) is 4. The highest BCUT2D eigenvalue weighted by molar-refractivity contribution is 7.89. The van der Waals surface area contributed by atoms with Gasteiger partial charge in [0.25, 0.3) is 11.8 Å². The van der Waals surface area contributed by atoms with Gasteiger partial charge in [-0.3, -0.25) is 9.59 Å². The van der Waals surface area contributed by atoms with Crippen LogP contribution in [0.2, 0.25) is 0 Å². The van der Waals surface area contributed by atoms with E-state index in [1.807, 2.05) is 18.2 Å². The number of hydrogen-bond acceptors (Lipinski definition) is 13. The second kappa shape index (κ2) is 25.2. The van der Waals surface area contributed by atoms with Crippen LogP contribution >= 0.6 is 0 Å². The highest BCUT2D eigenvalue weighted by atomic mass is 32.2. The van der Waals surface area contributed by atoms with E-state index in [1.165, 1.54) is 0 Å². The van der Waals surface area contributed by atoms with E-state index < -0.39 is 48.7 Å². The van der Waals surface area contributed by atoms with Gasteiger partial charge >= 0.3 is 5.97 Å². The minimum atomic E-state index is -3.87. The number of unbranched alkanes of at least 4 members (excludes halogenated alkanes) is 3. The van der Waals surface area contributed by atoms with Crippen LogP contribution in [0.1, 0.15) is 97.1 Å². The van der Waals surface area contributed by atoms with Crippen molar-refractivity contribution in [3.63, 3.8) is 0 Å². The van der Waals surface area contributed by atoms with Crippen LogP contribution in [-0.2, 0) is 69.0 Å². The molecule has 1 saturated heterocycles. The maximum atomic E-state index is 13.7. The van der Waals surface area contributed by atoms with Gasteiger partial charge in [-0.1, -0.05) is 51.8 Å². The summed E-state index contributed by atoms with van der Waals surface area (Å²) in [5.74, 6) is -1.74. The molecule has 0 unspecified atom stereocenters. The van der Waals surface area contributed by atoms with Crippen molar-refractivity contribution in [3.8, 4) is 11.1 Å². The van der Waals surface area contributed by atoms with E-state index in [0.29, 0.717) is 63.9 Å². The fourth-order valence-corrected chi connectivity index (χ4v) is 11.3. The molecular formula is C53H72N5O12S2+. The number of nitrogens with one attached hydrogen (secondary N) is 2. The van der Waals surface area contributed by atoms with Crippen LogP contribution < -0.4 is 14.3 Å². The fourth-order valence-electron chi connectivity index (χ4n) is 9.17. The molecule has 0 saturated carbocycles. The Balaban J connectivity index is 1.18. The van der Waals surface area contributed by atoms with Crippen LogP contribution in [0.25, 0.3) is 11.1 Å². The Bertz CT molecular complexity index is 2720. The molecule has 392 valence electrons. The quantitative estimate of drug-likeness (QED) is 0.0418. The third-order valence-corrected chi connectivity index (χ3v) is 16.2. The van der Waals surface area contributed by atoms with Crippen molar-refractivity contribution in [2.75, 3.05) is 84.9 Å². The van der Waals surface area contributed by atoms with Gasteiger partial charge in [-0.25, -0.2) is 31.1 Å². The van der Waals surface area contributed by atoms with Crippen molar-refractivity contribution in [3.05, 3.63) is 95.7 Å². The number of imide groups is 1. The van der Waals surface area contributed by atoms with Crippen LogP contribution in [0.3, 0.4) is 0 Å². The maximum Gasteiger partial charge on any atom is 0.333 e. The normalized spacial score (nSPS) is 17.0. The molecule has 6 rings (SSSR count). The first-order valence-corrected chi connectivity index (χ1v) is 27.7. The summed E-state index contributed by atoms with van der Waals surface area (Å²) in [6.07, 6.45) is 9.77. The molecule has 0 aliphatic carbocycles. The fraction of sp³-hybridized carbons (Fsp3) is 0.509. The zero-order valence-corrected chi connectivity index (χ0v) is 44.4. The number of carbonyl (C=O) groups excluding carboxylic acids is 3. The summed E-state index contributed by atoms with van der Waals surface area (Å²) in [6.45, 7) is 14.9. The zero-order valence-electron chi connectivity index (χ0n) is 42.8. The van der Waals surface area contributed by atoms with E-state index in [1.54, 1.807) is 38.5 Å². The van der Waals surface area contributed by atoms with E-state index in [0.717, 1.165) is 64.4 Å². The summed E-state index contributed by atoms with van der Waals surface area (Å²) in [7, 11) is -4.38. The van der Waals surface area contributed by atoms with Crippen LogP contribution in [0, 0.1) is 0 Å². The number of fused-ring (bicyclic) bond motifs is 2. The molecule has 72 heavy (non-hydrogen) atoms. The number of nitrogens with zero attached hydrogens (tertiary/aromatic N) is 3. The number of benzene rings is 3. The van der Waals surface area contributed by atoms with Gasteiger partial charge < -0.3 is 28.7 Å². The van der Waals surface area contributed by atoms with Gasteiger partial charge in [0, 0.05) is 87.6 Å². The second-order valence-corrected chi connectivity index (χ2v) is 22.5. The van der Waals surface area contributed by atoms with Gasteiger partial charge in [0.1, 0.15) is 6.61 Å². The van der Waals surface area contributed by atoms with Crippen LogP contribution in [0.15, 0.2) is 94.4 Å². The molecule has 19 heteroatoms. The number of hydrogen-bond donors (Lipinski definition) is 2. The van der Waals surface area contributed by atoms with Crippen molar-refractivity contribution >= 4 is 54.9 Å². The van der Waals surface area contributed by atoms with Crippen molar-refractivity contribution in [2.45, 2.75) is 107 Å². The number of hydroxylamine groups is 2. The molecule has 1 fully saturated rings. The first kappa shape index (κ1) is 56.2. The zero-order chi connectivity index (χ0) is 52.1. The average Bonchev–Trinajstić information content (AvgIpc) is 3.86. The molecule has 0 atom stereocenters. The summed E-state index contributed by atoms with van der Waals surface area (Å²) >= 11 is 0. The Morgan fingerprint density at radius 1 is 0.708 bits per heavy atom. The lowest BCUT2D eigenvalue weighted by molar-refractivity contribution is -0.442. The Labute approximate surface area is 425 Å². The Morgan fingerprint density at radius 2 is 1.35 bits per heavy atom. The van der Waals surface area contributed by atoms with Gasteiger partial charge in [-0.05, 0) is 98.3 Å². The summed E-state index contributed by atoms with van der Waals surface area (Å²) < 4.78 is 82.6. The summed E-state index contributed by atoms with van der Waals surface area (Å²) in [6, 6.07) is 18.6. The van der Waals surface area contributed by atoms with Gasteiger partial charge in [0.05, 0.1) is 48.2 Å². The van der Waals surface area contributed by atoms with Gasteiger partial charge in [-0.2, -0.15) is 4.58 Å². The SMILES string of the molecule is CCCCN1C(=CC=CC2=[N+](CCOCCOC)c3ccc(-c4ccc(S(=O)(=O)NCCOCCOC)cc4)cc3C2(C)C)C(C)(C)c2cc(S(=O)(=O)NCCCCCC(=O)ON3C(=O)CCC3=O)ccc21. The molecular weight excluding hydrogens is 963 g/mol. The first-order valence-electron chi connectivity index (χ1n) is 24.8. The van der Waals surface area contributed by atoms with E-state index >= 15 is 0 Å². The largest absolute Gasteiger partial charge is 0.382 e. The molecule has 2 N–H and O–H groups in total. The summed E-state index contributed by atoms with van der Waals surface area (Å²) in [5, 5.41) is 0.531. The van der Waals surface area contributed by atoms with Crippen molar-refractivity contribution in [2.24, 2.45) is 0 Å². The van der Waals surface area contributed by atoms with E-state index in [-0.39, 0.29) is 48.7 Å². The van der Waals surface area contributed by atoms with Crippen LogP contribution in [0.4, 0.5) is 11.4 Å². The average molecular weight is 1040 g/mol. The number of anilines is 1. The lowest BCUT2D eigenvalue weighted by Gasteiger charge is -2.27. The number of carbonyl (C=O) groups is 3. The first-order chi connectivity index (χ1) is 34.4. The van der Waals surface area contributed by atoms with Crippen LogP contribution in [-0.4, -0.2) is 130 Å². The number of allylic oxidation sites excluding steroid dienone is 4. The smallest absolute Gasteiger partial charge is 0.333 e. The molecule has 3 aliphatic heterocycles. The topological polar surface area (TPSA) is 199 Å². The number of rotatable bonds is 29. The predicted molar refractivity (Wildman–Crippen MR) is 275 cm³/mol. The van der Waals surface area contributed by atoms with Gasteiger partial charge in [0.2, 0.25) is 25.7 Å². The molecule has 3 aromatic rings. The molecule has 3 aromatic carbocycles. The Kier molecular flexibility index (Phi) is 19.7. The van der Waals surface area contributed by atoms with Crippen LogP contribution in [0.5, 0.6) is 0 Å². The molecule has 0 spiro atoms. The van der Waals surface area contributed by atoms with Crippen molar-refractivity contribution < 1.29 is 59.6 Å². The molecule has 2 amide bonds. The maximum absolute atomic E-state index is 13.7. The van der Waals surface area contributed by atoms with Gasteiger partial charge in [0.15, 0.2) is 12.3 Å². The number of methoxy groups -OCH3 is 2. The number of sulfonamides is 2. The molecule has 0 radical (unpaired) electrons. The molecule has 0 aromatic heterocycles. The lowest BCUT2D eigenvalue weighted by Crippen LogP contribution is -2.31. The molecule has 17 nitrogen and oxygen atoms in total. The van der Waals surface area contributed by atoms with Crippen molar-refractivity contribution in [1.29, 1.82) is 0 Å². The van der Waals surface area contributed by atoms with Gasteiger partial charge in [-0.15, -0.1) is 5.06 Å². The monoisotopic (exact) mass is 1030 g/mol. The summed E-state index contributed by atoms with van der Waals surface area (Å²) in [5.41, 5.74) is 7.00. The highest BCUT2D eigenvalue weighted by Gasteiger charge is 2.45. The predicted octanol–water partition coefficient (Wildman–Crippen LogP) is 6.82. The third-order valence-electron chi connectivity index (χ3n) is 13.2. The highest BCUT2D eigenvalue weighted by Crippen LogP contribution is 2.49. The molecule has 3 heterocycles. The standard InChI is InChI=1S/C53H72N5O12S2/c1-8-9-29-56-46-24-22-42(72(64,65)54-27-12-10-11-16-51(61)70-58-49(59)25-26-50(58)60)38-44(46)53(4,5)47(56)14-13-15-48-52(2,3)43-37-40(19-23-45(43)57(48)30-32-69-36-34-67-7)39-17-20-41(21-18-39)71(62,63)55-28-31-68-35-33-66-6/h13-15,17-24,37-38,54-55H,8-12,16,25-36H2,1-7H3/q+1. The third kappa shape index (κ3) is 13.5. The molecule has 3 aliphatic rings. The second-order valence-electron chi connectivity index (χ2n) is 19.0. The van der Waals surface area contributed by atoms with Crippen molar-refractivity contribution in [1.82, 2.24) is 14.5 Å². The Hall–Kier alpha value is -5.12. The molecule has 0 bridgehead atoms. The summed E-state index contributed by atoms with van der Waals surface area (Å²) in [4.78, 5) is 43.2. The lowest BCUT2D eigenvalue weighted by atomic mass is 9.80. The van der Waals surface area contributed by atoms with E-state index in [9.17, 15) is 31.2 Å².